The predicted molar refractivity (Wildman–Crippen MR) is 60.4 cm³/mol. The van der Waals surface area contributed by atoms with Crippen molar-refractivity contribution in [1.29, 1.82) is 0 Å². The average Bonchev–Trinajstić information content (AvgIpc) is 2.04. The minimum absolute atomic E-state index is 0. The second-order valence-electron chi connectivity index (χ2n) is 3.48. The fourth-order valence-corrected chi connectivity index (χ4v) is 2.90. The Morgan fingerprint density at radius 3 is 2.71 bits per heavy atom. The van der Waals surface area contributed by atoms with Gasteiger partial charge in [-0.15, -0.1) is 12.4 Å². The maximum absolute atomic E-state index is 11.4. The molecule has 0 spiro atoms. The molecule has 6 heteroatoms. The number of rotatable bonds is 4. The van der Waals surface area contributed by atoms with Crippen LogP contribution in [0.4, 0.5) is 0 Å². The Kier molecular flexibility index (Phi) is 6.68. The second-order valence-corrected chi connectivity index (χ2v) is 5.35. The van der Waals surface area contributed by atoms with E-state index in [2.05, 4.69) is 10.0 Å². The number of nitrogens with one attached hydrogen (secondary N) is 2. The third-order valence-electron chi connectivity index (χ3n) is 2.12. The predicted octanol–water partition coefficient (Wildman–Crippen LogP) is 0.490. The summed E-state index contributed by atoms with van der Waals surface area (Å²) in [5, 5.41) is 3.17. The summed E-state index contributed by atoms with van der Waals surface area (Å²) in [5.74, 6) is 0.240. The Bertz CT molecular complexity index is 238. The van der Waals surface area contributed by atoms with E-state index in [-0.39, 0.29) is 24.2 Å². The molecular weight excluding hydrogens is 224 g/mol. The summed E-state index contributed by atoms with van der Waals surface area (Å²) in [6.45, 7) is 3.65. The van der Waals surface area contributed by atoms with Gasteiger partial charge in [0.25, 0.3) is 0 Å². The SMILES string of the molecule is CCCS(=O)(=O)NC1CCCNC1.Cl. The zero-order valence-electron chi connectivity index (χ0n) is 8.45. The number of hydrogen-bond acceptors (Lipinski definition) is 3. The van der Waals surface area contributed by atoms with Crippen LogP contribution in [0.5, 0.6) is 0 Å². The molecular formula is C8H19ClN2O2S. The van der Waals surface area contributed by atoms with Gasteiger partial charge < -0.3 is 5.32 Å². The van der Waals surface area contributed by atoms with E-state index in [0.717, 1.165) is 25.9 Å². The van der Waals surface area contributed by atoms with Crippen molar-refractivity contribution in [2.45, 2.75) is 32.2 Å². The molecule has 1 fully saturated rings. The molecule has 2 N–H and O–H groups in total. The smallest absolute Gasteiger partial charge is 0.211 e. The summed E-state index contributed by atoms with van der Waals surface area (Å²) >= 11 is 0. The molecule has 4 nitrogen and oxygen atoms in total. The molecule has 1 rings (SSSR count). The van der Waals surface area contributed by atoms with Crippen molar-refractivity contribution in [2.75, 3.05) is 18.8 Å². The Labute approximate surface area is 92.3 Å². The first kappa shape index (κ1) is 14.2. The van der Waals surface area contributed by atoms with Crippen molar-refractivity contribution in [3.63, 3.8) is 0 Å². The normalized spacial score (nSPS) is 22.8. The summed E-state index contributed by atoms with van der Waals surface area (Å²) in [6, 6.07) is 0.102. The largest absolute Gasteiger partial charge is 0.315 e. The van der Waals surface area contributed by atoms with E-state index in [0.29, 0.717) is 6.42 Å². The van der Waals surface area contributed by atoms with E-state index in [1.807, 2.05) is 6.92 Å². The van der Waals surface area contributed by atoms with Crippen LogP contribution in [0.1, 0.15) is 26.2 Å². The first-order valence-electron chi connectivity index (χ1n) is 4.85. The Balaban J connectivity index is 0.00000169. The highest BCUT2D eigenvalue weighted by molar-refractivity contribution is 7.89. The van der Waals surface area contributed by atoms with Crippen LogP contribution < -0.4 is 10.0 Å². The molecule has 1 aliphatic heterocycles. The van der Waals surface area contributed by atoms with Crippen LogP contribution in [0.3, 0.4) is 0 Å². The van der Waals surface area contributed by atoms with Crippen LogP contribution in [-0.4, -0.2) is 33.3 Å². The molecule has 1 saturated heterocycles. The van der Waals surface area contributed by atoms with E-state index < -0.39 is 10.0 Å². The second kappa shape index (κ2) is 6.61. The van der Waals surface area contributed by atoms with Gasteiger partial charge in [0.05, 0.1) is 5.75 Å². The molecule has 0 radical (unpaired) electrons. The maximum atomic E-state index is 11.4. The van der Waals surface area contributed by atoms with Crippen LogP contribution in [0, 0.1) is 0 Å². The van der Waals surface area contributed by atoms with Crippen LogP contribution >= 0.6 is 12.4 Å². The summed E-state index contributed by atoms with van der Waals surface area (Å²) in [7, 11) is -3.02. The quantitative estimate of drug-likeness (QED) is 0.755. The first-order valence-corrected chi connectivity index (χ1v) is 6.50. The van der Waals surface area contributed by atoms with Gasteiger partial charge in [0.2, 0.25) is 10.0 Å². The van der Waals surface area contributed by atoms with E-state index >= 15 is 0 Å². The lowest BCUT2D eigenvalue weighted by Crippen LogP contribution is -2.46. The molecule has 0 aliphatic carbocycles. The van der Waals surface area contributed by atoms with Crippen LogP contribution in [0.25, 0.3) is 0 Å². The van der Waals surface area contributed by atoms with Gasteiger partial charge in [-0.3, -0.25) is 0 Å². The van der Waals surface area contributed by atoms with Crippen LogP contribution in [0.2, 0.25) is 0 Å². The molecule has 86 valence electrons. The van der Waals surface area contributed by atoms with Gasteiger partial charge in [-0.25, -0.2) is 13.1 Å². The molecule has 1 atom stereocenters. The van der Waals surface area contributed by atoms with Crippen molar-refractivity contribution >= 4 is 22.4 Å². The molecule has 1 unspecified atom stereocenters. The monoisotopic (exact) mass is 242 g/mol. The summed E-state index contributed by atoms with van der Waals surface area (Å²) < 4.78 is 25.4. The average molecular weight is 243 g/mol. The van der Waals surface area contributed by atoms with Crippen molar-refractivity contribution < 1.29 is 8.42 Å². The standard InChI is InChI=1S/C8H18N2O2S.ClH/c1-2-6-13(11,12)10-8-4-3-5-9-7-8;/h8-10H,2-7H2,1H3;1H. The minimum Gasteiger partial charge on any atom is -0.315 e. The zero-order chi connectivity index (χ0) is 9.73. The molecule has 0 aromatic rings. The van der Waals surface area contributed by atoms with Gasteiger partial charge in [-0.2, -0.15) is 0 Å². The van der Waals surface area contributed by atoms with Gasteiger partial charge in [0.15, 0.2) is 0 Å². The Morgan fingerprint density at radius 1 is 1.50 bits per heavy atom. The van der Waals surface area contributed by atoms with Crippen molar-refractivity contribution in [3.8, 4) is 0 Å². The summed E-state index contributed by atoms with van der Waals surface area (Å²) in [4.78, 5) is 0. The highest BCUT2D eigenvalue weighted by Crippen LogP contribution is 2.03. The lowest BCUT2D eigenvalue weighted by molar-refractivity contribution is 0.428. The lowest BCUT2D eigenvalue weighted by Gasteiger charge is -2.23. The lowest BCUT2D eigenvalue weighted by atomic mass is 10.1. The number of sulfonamides is 1. The fraction of sp³-hybridized carbons (Fsp3) is 1.00. The molecule has 1 heterocycles. The fourth-order valence-electron chi connectivity index (χ4n) is 1.53. The van der Waals surface area contributed by atoms with E-state index in [9.17, 15) is 8.42 Å². The first-order chi connectivity index (χ1) is 6.14. The van der Waals surface area contributed by atoms with Gasteiger partial charge in [-0.05, 0) is 25.8 Å². The molecule has 0 saturated carbocycles. The Hall–Kier alpha value is 0.160. The molecule has 0 aromatic heterocycles. The van der Waals surface area contributed by atoms with Crippen molar-refractivity contribution in [2.24, 2.45) is 0 Å². The number of halogens is 1. The Morgan fingerprint density at radius 2 is 2.21 bits per heavy atom. The van der Waals surface area contributed by atoms with E-state index in [1.54, 1.807) is 0 Å². The van der Waals surface area contributed by atoms with E-state index in [1.165, 1.54) is 0 Å². The van der Waals surface area contributed by atoms with Gasteiger partial charge in [0, 0.05) is 12.6 Å². The van der Waals surface area contributed by atoms with Gasteiger partial charge in [-0.1, -0.05) is 6.92 Å². The van der Waals surface area contributed by atoms with Crippen LogP contribution in [0.15, 0.2) is 0 Å². The molecule has 0 bridgehead atoms. The molecule has 0 amide bonds. The third-order valence-corrected chi connectivity index (χ3v) is 3.75. The molecule has 0 aromatic carbocycles. The minimum atomic E-state index is -3.02. The zero-order valence-corrected chi connectivity index (χ0v) is 10.1. The van der Waals surface area contributed by atoms with Crippen molar-refractivity contribution in [3.05, 3.63) is 0 Å². The number of hydrogen-bond donors (Lipinski definition) is 2. The van der Waals surface area contributed by atoms with Crippen LogP contribution in [-0.2, 0) is 10.0 Å². The van der Waals surface area contributed by atoms with Gasteiger partial charge >= 0.3 is 0 Å². The summed E-state index contributed by atoms with van der Waals surface area (Å²) in [6.07, 6.45) is 2.69. The summed E-state index contributed by atoms with van der Waals surface area (Å²) in [5.41, 5.74) is 0. The third kappa shape index (κ3) is 5.14. The van der Waals surface area contributed by atoms with Gasteiger partial charge in [0.1, 0.15) is 0 Å². The molecule has 1 aliphatic rings. The molecule has 14 heavy (non-hydrogen) atoms. The highest BCUT2D eigenvalue weighted by atomic mass is 35.5. The topological polar surface area (TPSA) is 58.2 Å². The maximum Gasteiger partial charge on any atom is 0.211 e. The highest BCUT2D eigenvalue weighted by Gasteiger charge is 2.18. The number of piperidine rings is 1. The van der Waals surface area contributed by atoms with E-state index in [4.69, 9.17) is 0 Å². The van der Waals surface area contributed by atoms with Crippen molar-refractivity contribution in [1.82, 2.24) is 10.0 Å².